The second kappa shape index (κ2) is 14.7. The maximum absolute atomic E-state index is 13.9. The third-order valence-electron chi connectivity index (χ3n) is 6.73. The van der Waals surface area contributed by atoms with Crippen LogP contribution < -0.4 is 20.3 Å². The molecule has 0 saturated carbocycles. The Labute approximate surface area is 244 Å². The van der Waals surface area contributed by atoms with E-state index in [1.54, 1.807) is 61.7 Å². The minimum Gasteiger partial charge on any atom is -0.497 e. The van der Waals surface area contributed by atoms with Gasteiger partial charge in [0.25, 0.3) is 5.91 Å². The maximum Gasteiger partial charge on any atom is 0.266 e. The molecule has 3 aromatic rings. The number of carbonyl (C=O) groups is 1. The van der Waals surface area contributed by atoms with Crippen LogP contribution >= 0.6 is 0 Å². The number of rotatable bonds is 15. The van der Waals surface area contributed by atoms with Crippen molar-refractivity contribution in [3.8, 4) is 11.5 Å². The normalized spacial score (nSPS) is 17.4. The van der Waals surface area contributed by atoms with E-state index in [2.05, 4.69) is 27.5 Å². The highest BCUT2D eigenvalue weighted by molar-refractivity contribution is 6.01. The molecule has 2 atom stereocenters. The van der Waals surface area contributed by atoms with Gasteiger partial charge in [-0.25, -0.2) is 10.4 Å². The van der Waals surface area contributed by atoms with E-state index in [4.69, 9.17) is 24.3 Å². The number of aliphatic imine (C=N–C) groups is 1. The molecule has 1 amide bonds. The van der Waals surface area contributed by atoms with Crippen LogP contribution in [0.4, 0.5) is 5.69 Å². The number of hydrazine groups is 1. The molecule has 0 spiro atoms. The highest BCUT2D eigenvalue weighted by atomic mass is 16.5. The van der Waals surface area contributed by atoms with E-state index in [1.165, 1.54) is 0 Å². The molecule has 4 rings (SSSR count). The van der Waals surface area contributed by atoms with Crippen LogP contribution in [-0.2, 0) is 16.0 Å². The van der Waals surface area contributed by atoms with Crippen molar-refractivity contribution >= 4 is 17.5 Å². The van der Waals surface area contributed by atoms with Crippen LogP contribution in [0.25, 0.3) is 10.4 Å². The molecule has 1 aliphatic rings. The van der Waals surface area contributed by atoms with Gasteiger partial charge in [0.15, 0.2) is 11.6 Å². The summed E-state index contributed by atoms with van der Waals surface area (Å²) < 4.78 is 17.3. The Balaban J connectivity index is 1.61. The molecule has 0 bridgehead atoms. The third kappa shape index (κ3) is 7.08. The second-order valence-electron chi connectivity index (χ2n) is 9.51. The SMILES string of the molecule is C=CC[C@]1(C(=O)NNCCc2cccc(OC)c2)N=C(c2ccc(OCCCO)cc2)O[C@H]1c1ccccc1N=[N+]=[N-]. The van der Waals surface area contributed by atoms with Gasteiger partial charge in [0, 0.05) is 47.7 Å². The molecule has 0 saturated heterocycles. The summed E-state index contributed by atoms with van der Waals surface area (Å²) in [7, 11) is 1.62. The van der Waals surface area contributed by atoms with E-state index in [-0.39, 0.29) is 18.9 Å². The van der Waals surface area contributed by atoms with Crippen molar-refractivity contribution in [1.29, 1.82) is 0 Å². The van der Waals surface area contributed by atoms with Crippen molar-refractivity contribution in [2.45, 2.75) is 30.9 Å². The van der Waals surface area contributed by atoms with Gasteiger partial charge in [-0.1, -0.05) is 47.6 Å². The van der Waals surface area contributed by atoms with Crippen molar-refractivity contribution in [3.63, 3.8) is 0 Å². The number of benzene rings is 3. The summed E-state index contributed by atoms with van der Waals surface area (Å²) >= 11 is 0. The molecule has 0 aromatic heterocycles. The topological polar surface area (TPSA) is 150 Å². The van der Waals surface area contributed by atoms with Crippen LogP contribution in [0.2, 0.25) is 0 Å². The molecule has 0 radical (unpaired) electrons. The number of hydrogen-bond acceptors (Lipinski definition) is 8. The Bertz CT molecular complexity index is 1450. The fourth-order valence-electron chi connectivity index (χ4n) is 4.65. The number of nitrogens with zero attached hydrogens (tertiary/aromatic N) is 4. The number of aliphatic hydroxyl groups is 1. The molecule has 0 unspecified atom stereocenters. The molecular weight excluding hydrogens is 536 g/mol. The van der Waals surface area contributed by atoms with Crippen LogP contribution in [0.3, 0.4) is 0 Å². The summed E-state index contributed by atoms with van der Waals surface area (Å²) in [6, 6.07) is 21.8. The van der Waals surface area contributed by atoms with Crippen molar-refractivity contribution < 1.29 is 24.1 Å². The second-order valence-corrected chi connectivity index (χ2v) is 9.51. The average molecular weight is 571 g/mol. The zero-order chi connectivity index (χ0) is 29.8. The minimum absolute atomic E-state index is 0.0464. The molecule has 3 aromatic carbocycles. The molecule has 11 heteroatoms. The summed E-state index contributed by atoms with van der Waals surface area (Å²) in [5.74, 6) is 1.22. The number of ether oxygens (including phenoxy) is 3. The van der Waals surface area contributed by atoms with E-state index in [0.717, 1.165) is 11.3 Å². The molecule has 11 nitrogen and oxygen atoms in total. The zero-order valence-corrected chi connectivity index (χ0v) is 23.4. The quantitative estimate of drug-likeness (QED) is 0.0578. The molecule has 3 N–H and O–H groups in total. The van der Waals surface area contributed by atoms with Gasteiger partial charge in [0.05, 0.1) is 13.7 Å². The number of amides is 1. The summed E-state index contributed by atoms with van der Waals surface area (Å²) in [5.41, 5.74) is 16.1. The molecular formula is C31H34N6O5. The summed E-state index contributed by atoms with van der Waals surface area (Å²) in [6.45, 7) is 4.77. The predicted octanol–water partition coefficient (Wildman–Crippen LogP) is 5.09. The van der Waals surface area contributed by atoms with Gasteiger partial charge < -0.3 is 19.3 Å². The summed E-state index contributed by atoms with van der Waals surface area (Å²) in [4.78, 5) is 21.7. The highest BCUT2D eigenvalue weighted by Gasteiger charge is 2.53. The first kappa shape index (κ1) is 30.1. The number of aliphatic hydroxyl groups excluding tert-OH is 1. The minimum atomic E-state index is -1.45. The van der Waals surface area contributed by atoms with Gasteiger partial charge in [-0.15, -0.1) is 6.58 Å². The third-order valence-corrected chi connectivity index (χ3v) is 6.73. The summed E-state index contributed by atoms with van der Waals surface area (Å²) in [6.07, 6.45) is 2.03. The number of carbonyl (C=O) groups excluding carboxylic acids is 1. The Hall–Kier alpha value is -4.83. The lowest BCUT2D eigenvalue weighted by Crippen LogP contribution is -2.52. The fraction of sp³-hybridized carbons (Fsp3) is 0.290. The average Bonchev–Trinajstić information content (AvgIpc) is 3.40. The van der Waals surface area contributed by atoms with Crippen molar-refractivity contribution in [2.75, 3.05) is 26.9 Å². The lowest BCUT2D eigenvalue weighted by Gasteiger charge is -2.30. The van der Waals surface area contributed by atoms with Crippen LogP contribution in [0.5, 0.6) is 11.5 Å². The first-order chi connectivity index (χ1) is 20.5. The first-order valence-corrected chi connectivity index (χ1v) is 13.6. The molecule has 0 fully saturated rings. The van der Waals surface area contributed by atoms with Crippen molar-refractivity contribution in [3.05, 3.63) is 113 Å². The van der Waals surface area contributed by atoms with Gasteiger partial charge in [-0.3, -0.25) is 10.2 Å². The maximum atomic E-state index is 13.9. The number of azide groups is 1. The van der Waals surface area contributed by atoms with Gasteiger partial charge in [0.1, 0.15) is 11.5 Å². The van der Waals surface area contributed by atoms with Crippen LogP contribution in [0.15, 0.2) is 95.6 Å². The van der Waals surface area contributed by atoms with E-state index in [0.29, 0.717) is 48.6 Å². The fourth-order valence-corrected chi connectivity index (χ4v) is 4.65. The molecule has 218 valence electrons. The predicted molar refractivity (Wildman–Crippen MR) is 160 cm³/mol. The van der Waals surface area contributed by atoms with Crippen molar-refractivity contribution in [2.24, 2.45) is 10.1 Å². The molecule has 0 aliphatic carbocycles. The molecule has 42 heavy (non-hydrogen) atoms. The van der Waals surface area contributed by atoms with Gasteiger partial charge >= 0.3 is 0 Å². The van der Waals surface area contributed by atoms with Crippen LogP contribution in [0, 0.1) is 0 Å². The van der Waals surface area contributed by atoms with E-state index in [9.17, 15) is 10.3 Å². The van der Waals surface area contributed by atoms with Crippen LogP contribution in [0.1, 0.15) is 35.6 Å². The Morgan fingerprint density at radius 3 is 2.74 bits per heavy atom. The van der Waals surface area contributed by atoms with E-state index < -0.39 is 17.6 Å². The molecule has 1 heterocycles. The van der Waals surface area contributed by atoms with E-state index >= 15 is 0 Å². The summed E-state index contributed by atoms with van der Waals surface area (Å²) in [5, 5.41) is 12.8. The largest absolute Gasteiger partial charge is 0.497 e. The Morgan fingerprint density at radius 1 is 1.19 bits per heavy atom. The van der Waals surface area contributed by atoms with E-state index in [1.807, 2.05) is 24.3 Å². The number of hydrogen-bond donors (Lipinski definition) is 3. The van der Waals surface area contributed by atoms with Gasteiger partial charge in [-0.05, 0) is 53.9 Å². The van der Waals surface area contributed by atoms with Crippen LogP contribution in [-0.4, -0.2) is 49.3 Å². The van der Waals surface area contributed by atoms with Gasteiger partial charge in [-0.2, -0.15) is 0 Å². The van der Waals surface area contributed by atoms with Crippen molar-refractivity contribution in [1.82, 2.24) is 10.9 Å². The lowest BCUT2D eigenvalue weighted by atomic mass is 9.84. The Kier molecular flexibility index (Phi) is 10.5. The first-order valence-electron chi connectivity index (χ1n) is 13.6. The smallest absolute Gasteiger partial charge is 0.266 e. The standard InChI is InChI=1S/C31H34N6O5/c1-3-17-31(30(39)36-33-18-16-22-8-6-9-25(21-22)40-2)28(26-10-4-5-11-27(26)35-37-32)42-29(34-31)23-12-14-24(15-13-23)41-20-7-19-38/h3-6,8-15,21,28,33,38H,1,7,16-20H2,2H3,(H,36,39)/t28-,31-/m0/s1. The highest BCUT2D eigenvalue weighted by Crippen LogP contribution is 2.45. The molecule has 1 aliphatic heterocycles. The lowest BCUT2D eigenvalue weighted by molar-refractivity contribution is -0.129. The monoisotopic (exact) mass is 570 g/mol. The number of nitrogens with one attached hydrogen (secondary N) is 2. The zero-order valence-electron chi connectivity index (χ0n) is 23.4. The van der Waals surface area contributed by atoms with Gasteiger partial charge in [0.2, 0.25) is 5.90 Å². The Morgan fingerprint density at radius 2 is 2.00 bits per heavy atom. The number of methoxy groups -OCH3 is 1.